The van der Waals surface area contributed by atoms with Gasteiger partial charge in [0.05, 0.1) is 11.6 Å². The highest BCUT2D eigenvalue weighted by Crippen LogP contribution is 2.20. The van der Waals surface area contributed by atoms with E-state index in [9.17, 15) is 9.90 Å². The zero-order chi connectivity index (χ0) is 10.8. The summed E-state index contributed by atoms with van der Waals surface area (Å²) in [5.74, 6) is -0.0347. The van der Waals surface area contributed by atoms with Gasteiger partial charge in [-0.3, -0.25) is 4.79 Å². The molecular formula is C10H20N2O2. The SMILES string of the molecule is CC[C@H](N)C(=O)N1CCCC(C)(O)C1. The Labute approximate surface area is 85.1 Å². The first-order chi connectivity index (χ1) is 6.46. The summed E-state index contributed by atoms with van der Waals surface area (Å²) in [6.07, 6.45) is 2.27. The number of carbonyl (C=O) groups excluding carboxylic acids is 1. The fraction of sp³-hybridized carbons (Fsp3) is 0.900. The fourth-order valence-corrected chi connectivity index (χ4v) is 1.82. The monoisotopic (exact) mass is 200 g/mol. The van der Waals surface area contributed by atoms with Crippen molar-refractivity contribution in [3.8, 4) is 0 Å². The maximum Gasteiger partial charge on any atom is 0.239 e. The van der Waals surface area contributed by atoms with E-state index in [-0.39, 0.29) is 5.91 Å². The van der Waals surface area contributed by atoms with Crippen LogP contribution in [0.4, 0.5) is 0 Å². The van der Waals surface area contributed by atoms with Gasteiger partial charge in [-0.1, -0.05) is 6.92 Å². The normalized spacial score (nSPS) is 30.1. The van der Waals surface area contributed by atoms with E-state index < -0.39 is 11.6 Å². The smallest absolute Gasteiger partial charge is 0.239 e. The van der Waals surface area contributed by atoms with Gasteiger partial charge in [0, 0.05) is 13.1 Å². The first kappa shape index (κ1) is 11.5. The molecule has 0 radical (unpaired) electrons. The number of β-amino-alcohol motifs (C(OH)–C–C–N with tert-alkyl or cyclic N) is 1. The molecule has 1 aliphatic rings. The van der Waals surface area contributed by atoms with Crippen molar-refractivity contribution in [2.24, 2.45) is 5.73 Å². The number of rotatable bonds is 2. The predicted octanol–water partition coefficient (Wildman–Crippen LogP) is 0.0971. The van der Waals surface area contributed by atoms with E-state index in [1.165, 1.54) is 0 Å². The van der Waals surface area contributed by atoms with Crippen LogP contribution in [0.1, 0.15) is 33.1 Å². The third kappa shape index (κ3) is 2.69. The van der Waals surface area contributed by atoms with Crippen molar-refractivity contribution in [3.05, 3.63) is 0 Å². The van der Waals surface area contributed by atoms with Gasteiger partial charge < -0.3 is 15.7 Å². The molecule has 82 valence electrons. The Balaban J connectivity index is 2.56. The third-order valence-electron chi connectivity index (χ3n) is 2.74. The summed E-state index contributed by atoms with van der Waals surface area (Å²) < 4.78 is 0. The van der Waals surface area contributed by atoms with Gasteiger partial charge in [-0.2, -0.15) is 0 Å². The van der Waals surface area contributed by atoms with E-state index in [1.54, 1.807) is 11.8 Å². The second-order valence-electron chi connectivity index (χ2n) is 4.38. The van der Waals surface area contributed by atoms with E-state index >= 15 is 0 Å². The molecule has 0 aromatic rings. The van der Waals surface area contributed by atoms with Gasteiger partial charge in [0.1, 0.15) is 0 Å². The van der Waals surface area contributed by atoms with Crippen molar-refractivity contribution in [1.82, 2.24) is 4.90 Å². The molecule has 4 heteroatoms. The molecule has 1 unspecified atom stereocenters. The van der Waals surface area contributed by atoms with Crippen LogP contribution in [0.2, 0.25) is 0 Å². The number of hydrogen-bond acceptors (Lipinski definition) is 3. The van der Waals surface area contributed by atoms with E-state index in [1.807, 2.05) is 6.92 Å². The highest BCUT2D eigenvalue weighted by Gasteiger charge is 2.32. The lowest BCUT2D eigenvalue weighted by Gasteiger charge is -2.37. The van der Waals surface area contributed by atoms with Gasteiger partial charge in [-0.05, 0) is 26.2 Å². The molecule has 1 amide bonds. The minimum absolute atomic E-state index is 0.0347. The standard InChI is InChI=1S/C10H20N2O2/c1-3-8(11)9(13)12-6-4-5-10(2,14)7-12/h8,14H,3-7,11H2,1-2H3/t8-,10?/m0/s1. The van der Waals surface area contributed by atoms with Crippen molar-refractivity contribution >= 4 is 5.91 Å². The average Bonchev–Trinajstić information content (AvgIpc) is 2.14. The van der Waals surface area contributed by atoms with E-state index in [0.717, 1.165) is 19.4 Å². The Morgan fingerprint density at radius 1 is 1.71 bits per heavy atom. The Kier molecular flexibility index (Phi) is 3.50. The lowest BCUT2D eigenvalue weighted by molar-refractivity contribution is -0.138. The molecule has 0 aromatic heterocycles. The Hall–Kier alpha value is -0.610. The lowest BCUT2D eigenvalue weighted by Crippen LogP contribution is -2.53. The zero-order valence-electron chi connectivity index (χ0n) is 8.99. The van der Waals surface area contributed by atoms with E-state index in [2.05, 4.69) is 0 Å². The molecule has 0 bridgehead atoms. The van der Waals surface area contributed by atoms with Gasteiger partial charge in [0.2, 0.25) is 5.91 Å². The molecule has 0 spiro atoms. The number of aliphatic hydroxyl groups is 1. The first-order valence-electron chi connectivity index (χ1n) is 5.23. The minimum Gasteiger partial charge on any atom is -0.388 e. The molecule has 0 saturated carbocycles. The molecule has 1 fully saturated rings. The van der Waals surface area contributed by atoms with Gasteiger partial charge >= 0.3 is 0 Å². The molecule has 4 nitrogen and oxygen atoms in total. The van der Waals surface area contributed by atoms with Gasteiger partial charge in [0.25, 0.3) is 0 Å². The number of amides is 1. The molecule has 3 N–H and O–H groups in total. The Morgan fingerprint density at radius 3 is 2.86 bits per heavy atom. The number of nitrogens with two attached hydrogens (primary N) is 1. The summed E-state index contributed by atoms with van der Waals surface area (Å²) in [4.78, 5) is 13.4. The number of nitrogens with zero attached hydrogens (tertiary/aromatic N) is 1. The van der Waals surface area contributed by atoms with Crippen molar-refractivity contribution in [1.29, 1.82) is 0 Å². The topological polar surface area (TPSA) is 66.6 Å². The van der Waals surface area contributed by atoms with E-state index in [4.69, 9.17) is 5.73 Å². The fourth-order valence-electron chi connectivity index (χ4n) is 1.82. The van der Waals surface area contributed by atoms with Gasteiger partial charge in [-0.25, -0.2) is 0 Å². The number of hydrogen-bond donors (Lipinski definition) is 2. The average molecular weight is 200 g/mol. The summed E-state index contributed by atoms with van der Waals surface area (Å²) in [6, 6.07) is -0.413. The highest BCUT2D eigenvalue weighted by molar-refractivity contribution is 5.81. The Morgan fingerprint density at radius 2 is 2.36 bits per heavy atom. The van der Waals surface area contributed by atoms with Crippen LogP contribution < -0.4 is 5.73 Å². The molecule has 0 aliphatic carbocycles. The Bertz CT molecular complexity index is 216. The number of likely N-dealkylation sites (tertiary alicyclic amines) is 1. The van der Waals surface area contributed by atoms with Crippen LogP contribution in [0.5, 0.6) is 0 Å². The van der Waals surface area contributed by atoms with Crippen molar-refractivity contribution in [2.75, 3.05) is 13.1 Å². The zero-order valence-corrected chi connectivity index (χ0v) is 8.99. The molecule has 0 aromatic carbocycles. The first-order valence-corrected chi connectivity index (χ1v) is 5.23. The van der Waals surface area contributed by atoms with Crippen LogP contribution in [-0.4, -0.2) is 40.6 Å². The molecule has 1 aliphatic heterocycles. The van der Waals surface area contributed by atoms with Crippen molar-refractivity contribution in [3.63, 3.8) is 0 Å². The highest BCUT2D eigenvalue weighted by atomic mass is 16.3. The minimum atomic E-state index is -0.735. The van der Waals surface area contributed by atoms with Crippen LogP contribution in [-0.2, 0) is 4.79 Å². The molecule has 1 rings (SSSR count). The molecule has 14 heavy (non-hydrogen) atoms. The van der Waals surface area contributed by atoms with Gasteiger partial charge in [0.15, 0.2) is 0 Å². The largest absolute Gasteiger partial charge is 0.388 e. The van der Waals surface area contributed by atoms with Crippen molar-refractivity contribution in [2.45, 2.75) is 44.8 Å². The number of piperidine rings is 1. The third-order valence-corrected chi connectivity index (χ3v) is 2.74. The summed E-state index contributed by atoms with van der Waals surface area (Å²) in [5.41, 5.74) is 4.93. The number of carbonyl (C=O) groups is 1. The molecule has 1 saturated heterocycles. The summed E-state index contributed by atoms with van der Waals surface area (Å²) in [5, 5.41) is 9.81. The molecule has 2 atom stereocenters. The second kappa shape index (κ2) is 4.28. The summed E-state index contributed by atoms with van der Waals surface area (Å²) in [6.45, 7) is 4.80. The van der Waals surface area contributed by atoms with Crippen LogP contribution in [0.15, 0.2) is 0 Å². The van der Waals surface area contributed by atoms with Crippen LogP contribution in [0.25, 0.3) is 0 Å². The van der Waals surface area contributed by atoms with Gasteiger partial charge in [-0.15, -0.1) is 0 Å². The quantitative estimate of drug-likeness (QED) is 0.664. The van der Waals surface area contributed by atoms with Crippen LogP contribution in [0, 0.1) is 0 Å². The van der Waals surface area contributed by atoms with Crippen LogP contribution >= 0.6 is 0 Å². The predicted molar refractivity (Wildman–Crippen MR) is 54.7 cm³/mol. The van der Waals surface area contributed by atoms with Crippen LogP contribution in [0.3, 0.4) is 0 Å². The lowest BCUT2D eigenvalue weighted by atomic mass is 9.94. The maximum atomic E-state index is 11.7. The summed E-state index contributed by atoms with van der Waals surface area (Å²) >= 11 is 0. The van der Waals surface area contributed by atoms with E-state index in [0.29, 0.717) is 13.0 Å². The van der Waals surface area contributed by atoms with Crippen molar-refractivity contribution < 1.29 is 9.90 Å². The molecular weight excluding hydrogens is 180 g/mol. The summed E-state index contributed by atoms with van der Waals surface area (Å²) in [7, 11) is 0. The second-order valence-corrected chi connectivity index (χ2v) is 4.38. The molecule has 1 heterocycles. The maximum absolute atomic E-state index is 11.7.